The number of rotatable bonds is 5. The van der Waals surface area contributed by atoms with Crippen LogP contribution in [-0.4, -0.2) is 41.2 Å². The molecule has 1 saturated heterocycles. The van der Waals surface area contributed by atoms with Crippen molar-refractivity contribution in [3.05, 3.63) is 29.3 Å². The van der Waals surface area contributed by atoms with Crippen molar-refractivity contribution in [2.75, 3.05) is 11.9 Å². The molecule has 3 fully saturated rings. The van der Waals surface area contributed by atoms with Gasteiger partial charge in [0.15, 0.2) is 6.61 Å². The highest BCUT2D eigenvalue weighted by atomic mass is 35.5. The van der Waals surface area contributed by atoms with E-state index in [2.05, 4.69) is 5.32 Å². The number of para-hydroxylation sites is 1. The number of carbonyl (C=O) groups is 4. The van der Waals surface area contributed by atoms with Crippen molar-refractivity contribution in [3.63, 3.8) is 0 Å². The maximum Gasteiger partial charge on any atom is 0.329 e. The Balaban J connectivity index is 1.35. The van der Waals surface area contributed by atoms with Gasteiger partial charge in [-0.15, -0.1) is 0 Å². The number of hydrogen-bond acceptors (Lipinski definition) is 5. The van der Waals surface area contributed by atoms with Crippen molar-refractivity contribution in [1.29, 1.82) is 0 Å². The first-order valence-corrected chi connectivity index (χ1v) is 9.84. The molecule has 1 aromatic rings. The van der Waals surface area contributed by atoms with Gasteiger partial charge in [-0.3, -0.25) is 19.3 Å². The van der Waals surface area contributed by atoms with Crippen molar-refractivity contribution < 1.29 is 23.9 Å². The molecule has 0 spiro atoms. The number of ether oxygens (including phenoxy) is 1. The van der Waals surface area contributed by atoms with Crippen molar-refractivity contribution >= 4 is 41.0 Å². The summed E-state index contributed by atoms with van der Waals surface area (Å²) in [4.78, 5) is 50.9. The lowest BCUT2D eigenvalue weighted by Crippen LogP contribution is -2.45. The van der Waals surface area contributed by atoms with Crippen LogP contribution in [0.1, 0.15) is 26.2 Å². The van der Waals surface area contributed by atoms with Gasteiger partial charge < -0.3 is 10.1 Å². The predicted octanol–water partition coefficient (Wildman–Crippen LogP) is 2.24. The summed E-state index contributed by atoms with van der Waals surface area (Å²) in [5, 5.41) is 2.91. The van der Waals surface area contributed by atoms with E-state index in [4.69, 9.17) is 16.3 Å². The molecule has 2 bridgehead atoms. The van der Waals surface area contributed by atoms with Crippen LogP contribution in [0.2, 0.25) is 5.02 Å². The quantitative estimate of drug-likeness (QED) is 0.600. The first-order valence-electron chi connectivity index (χ1n) is 9.46. The third-order valence-corrected chi connectivity index (χ3v) is 6.51. The van der Waals surface area contributed by atoms with E-state index < -0.39 is 24.5 Å². The molecule has 2 saturated carbocycles. The molecule has 4 rings (SSSR count). The number of anilines is 1. The topological polar surface area (TPSA) is 92.8 Å². The standard InChI is InChI=1S/C20H21ClN2O5/c1-10(20(27)28-9-15(24)22-14-5-3-2-4-13(14)21)23-18(25)16-11-6-7-12(8-11)17(16)19(23)26/h2-5,10-12,16-17H,6-9H2,1H3,(H,22,24)/t10-,11-,12+,16-,17+/m1/s1. The third kappa shape index (κ3) is 3.07. The zero-order chi connectivity index (χ0) is 20.0. The molecular weight excluding hydrogens is 384 g/mol. The lowest BCUT2D eigenvalue weighted by atomic mass is 9.81. The Morgan fingerprint density at radius 1 is 1.18 bits per heavy atom. The van der Waals surface area contributed by atoms with E-state index >= 15 is 0 Å². The zero-order valence-electron chi connectivity index (χ0n) is 15.4. The first kappa shape index (κ1) is 18.9. The Labute approximate surface area is 167 Å². The highest BCUT2D eigenvalue weighted by Gasteiger charge is 2.62. The second kappa shape index (κ2) is 7.20. The predicted molar refractivity (Wildman–Crippen MR) is 100 cm³/mol. The van der Waals surface area contributed by atoms with Gasteiger partial charge in [0.1, 0.15) is 6.04 Å². The van der Waals surface area contributed by atoms with Crippen LogP contribution in [0.4, 0.5) is 5.69 Å². The van der Waals surface area contributed by atoms with Crippen molar-refractivity contribution in [2.45, 2.75) is 32.2 Å². The van der Waals surface area contributed by atoms with E-state index in [0.717, 1.165) is 24.2 Å². The van der Waals surface area contributed by atoms with Crippen LogP contribution in [-0.2, 0) is 23.9 Å². The van der Waals surface area contributed by atoms with Gasteiger partial charge in [-0.2, -0.15) is 0 Å². The van der Waals surface area contributed by atoms with E-state index in [0.29, 0.717) is 10.7 Å². The Bertz CT molecular complexity index is 829. The highest BCUT2D eigenvalue weighted by Crippen LogP contribution is 2.56. The Kier molecular flexibility index (Phi) is 4.87. The second-order valence-corrected chi connectivity index (χ2v) is 8.15. The van der Waals surface area contributed by atoms with Gasteiger partial charge in [0.05, 0.1) is 22.5 Å². The fraction of sp³-hybridized carbons (Fsp3) is 0.500. The van der Waals surface area contributed by atoms with Crippen LogP contribution in [0.25, 0.3) is 0 Å². The number of benzene rings is 1. The second-order valence-electron chi connectivity index (χ2n) is 7.74. The van der Waals surface area contributed by atoms with E-state index in [1.54, 1.807) is 24.3 Å². The van der Waals surface area contributed by atoms with Crippen molar-refractivity contribution in [2.24, 2.45) is 23.7 Å². The number of esters is 1. The van der Waals surface area contributed by atoms with Crippen LogP contribution >= 0.6 is 11.6 Å². The van der Waals surface area contributed by atoms with Crippen LogP contribution in [0.3, 0.4) is 0 Å². The fourth-order valence-corrected chi connectivity index (χ4v) is 5.11. The lowest BCUT2D eigenvalue weighted by Gasteiger charge is -2.23. The number of imide groups is 1. The molecule has 1 aromatic carbocycles. The number of halogens is 1. The van der Waals surface area contributed by atoms with E-state index in [-0.39, 0.29) is 35.5 Å². The van der Waals surface area contributed by atoms with Crippen LogP contribution < -0.4 is 5.32 Å². The van der Waals surface area contributed by atoms with Crippen LogP contribution in [0.15, 0.2) is 24.3 Å². The molecule has 0 unspecified atom stereocenters. The summed E-state index contributed by atoms with van der Waals surface area (Å²) in [6, 6.07) is 5.65. The van der Waals surface area contributed by atoms with E-state index in [1.165, 1.54) is 6.92 Å². The smallest absolute Gasteiger partial charge is 0.329 e. The Morgan fingerprint density at radius 2 is 1.79 bits per heavy atom. The van der Waals surface area contributed by atoms with Gasteiger partial charge >= 0.3 is 5.97 Å². The number of hydrogen-bond donors (Lipinski definition) is 1. The summed E-state index contributed by atoms with van der Waals surface area (Å²) in [5.41, 5.74) is 0.409. The molecule has 28 heavy (non-hydrogen) atoms. The molecule has 1 heterocycles. The largest absolute Gasteiger partial charge is 0.454 e. The maximum absolute atomic E-state index is 12.8. The van der Waals surface area contributed by atoms with Gasteiger partial charge in [-0.25, -0.2) is 4.79 Å². The summed E-state index contributed by atoms with van der Waals surface area (Å²) in [6.07, 6.45) is 2.88. The molecule has 3 aliphatic rings. The molecule has 0 aromatic heterocycles. The Hall–Kier alpha value is -2.41. The highest BCUT2D eigenvalue weighted by molar-refractivity contribution is 6.33. The van der Waals surface area contributed by atoms with E-state index in [1.807, 2.05) is 0 Å². The summed E-state index contributed by atoms with van der Waals surface area (Å²) in [6.45, 7) is 0.940. The van der Waals surface area contributed by atoms with Crippen LogP contribution in [0, 0.1) is 23.7 Å². The first-order chi connectivity index (χ1) is 13.4. The van der Waals surface area contributed by atoms with Crippen LogP contribution in [0.5, 0.6) is 0 Å². The summed E-state index contributed by atoms with van der Waals surface area (Å²) >= 11 is 5.97. The number of nitrogens with one attached hydrogen (secondary N) is 1. The minimum absolute atomic E-state index is 0.251. The molecule has 8 heteroatoms. The van der Waals surface area contributed by atoms with Gasteiger partial charge in [-0.05, 0) is 50.2 Å². The fourth-order valence-electron chi connectivity index (χ4n) is 4.93. The molecule has 1 N–H and O–H groups in total. The molecule has 3 amide bonds. The number of carbonyl (C=O) groups excluding carboxylic acids is 4. The molecule has 7 nitrogen and oxygen atoms in total. The number of amides is 3. The normalized spacial score (nSPS) is 29.0. The lowest BCUT2D eigenvalue weighted by molar-refractivity contribution is -0.159. The van der Waals surface area contributed by atoms with E-state index in [9.17, 15) is 19.2 Å². The summed E-state index contributed by atoms with van der Waals surface area (Å²) < 4.78 is 5.04. The maximum atomic E-state index is 12.8. The molecule has 2 aliphatic carbocycles. The minimum atomic E-state index is -1.04. The molecule has 5 atom stereocenters. The Morgan fingerprint density at radius 3 is 2.39 bits per heavy atom. The SMILES string of the molecule is C[C@H](C(=O)OCC(=O)Nc1ccccc1Cl)N1C(=O)[C@@H]2[C@@H]3CC[C@@H](C3)[C@@H]2C1=O. The van der Waals surface area contributed by atoms with Gasteiger partial charge in [0.25, 0.3) is 5.91 Å². The average Bonchev–Trinajstić information content (AvgIpc) is 3.35. The van der Waals surface area contributed by atoms with Crippen molar-refractivity contribution in [3.8, 4) is 0 Å². The van der Waals surface area contributed by atoms with Crippen molar-refractivity contribution in [1.82, 2.24) is 4.90 Å². The van der Waals surface area contributed by atoms with Gasteiger partial charge in [-0.1, -0.05) is 23.7 Å². The third-order valence-electron chi connectivity index (χ3n) is 6.18. The van der Waals surface area contributed by atoms with Gasteiger partial charge in [0.2, 0.25) is 11.8 Å². The number of nitrogens with zero attached hydrogens (tertiary/aromatic N) is 1. The molecule has 0 radical (unpaired) electrons. The monoisotopic (exact) mass is 404 g/mol. The number of likely N-dealkylation sites (tertiary alicyclic amines) is 1. The molecule has 1 aliphatic heterocycles. The molecular formula is C20H21ClN2O5. The number of fused-ring (bicyclic) bond motifs is 5. The zero-order valence-corrected chi connectivity index (χ0v) is 16.1. The van der Waals surface area contributed by atoms with Gasteiger partial charge in [0, 0.05) is 0 Å². The molecule has 148 valence electrons. The summed E-state index contributed by atoms with van der Waals surface area (Å²) in [7, 11) is 0. The minimum Gasteiger partial charge on any atom is -0.454 e. The summed E-state index contributed by atoms with van der Waals surface area (Å²) in [5.74, 6) is -1.94. The average molecular weight is 405 g/mol.